The predicted molar refractivity (Wildman–Crippen MR) is 56.7 cm³/mol. The average Bonchev–Trinajstić information content (AvgIpc) is 2.54. The molecule has 0 aromatic carbocycles. The molecule has 13 heavy (non-hydrogen) atoms. The number of allylic oxidation sites excluding steroid dienone is 2. The molecule has 0 amide bonds. The van der Waals surface area contributed by atoms with E-state index >= 15 is 0 Å². The van der Waals surface area contributed by atoms with Crippen LogP contribution in [0.3, 0.4) is 0 Å². The van der Waals surface area contributed by atoms with Gasteiger partial charge in [0.05, 0.1) is 13.2 Å². The predicted octanol–water partition coefficient (Wildman–Crippen LogP) is 3.33. The molecule has 1 atom stereocenters. The van der Waals surface area contributed by atoms with E-state index in [1.54, 1.807) is 0 Å². The van der Waals surface area contributed by atoms with E-state index in [0.29, 0.717) is 5.92 Å². The maximum atomic E-state index is 5.43. The second-order valence-electron chi connectivity index (χ2n) is 3.57. The fourth-order valence-corrected chi connectivity index (χ4v) is 1.63. The van der Waals surface area contributed by atoms with E-state index in [4.69, 9.17) is 4.74 Å². The van der Waals surface area contributed by atoms with E-state index in [1.165, 1.54) is 24.8 Å². The first-order valence-electron chi connectivity index (χ1n) is 5.28. The topological polar surface area (TPSA) is 9.23 Å². The SMILES string of the molecule is C/C=C/[C@H]1COC/C1=C/CCCC. The van der Waals surface area contributed by atoms with Crippen LogP contribution in [-0.2, 0) is 4.74 Å². The lowest BCUT2D eigenvalue weighted by molar-refractivity contribution is 0.195. The molecule has 74 valence electrons. The number of unbranched alkanes of at least 4 members (excludes halogenated alkanes) is 2. The van der Waals surface area contributed by atoms with E-state index in [9.17, 15) is 0 Å². The summed E-state index contributed by atoms with van der Waals surface area (Å²) in [7, 11) is 0. The molecule has 0 spiro atoms. The van der Waals surface area contributed by atoms with Crippen molar-refractivity contribution in [3.05, 3.63) is 23.8 Å². The van der Waals surface area contributed by atoms with Gasteiger partial charge in [-0.15, -0.1) is 0 Å². The molecular formula is C12H20O. The third kappa shape index (κ3) is 3.35. The Hall–Kier alpha value is -0.560. The van der Waals surface area contributed by atoms with Gasteiger partial charge >= 0.3 is 0 Å². The molecule has 1 fully saturated rings. The molecule has 1 nitrogen and oxygen atoms in total. The van der Waals surface area contributed by atoms with E-state index in [-0.39, 0.29) is 0 Å². The molecule has 0 unspecified atom stereocenters. The molecule has 0 aromatic rings. The van der Waals surface area contributed by atoms with Crippen LogP contribution in [0, 0.1) is 5.92 Å². The molecule has 1 aliphatic heterocycles. The highest BCUT2D eigenvalue weighted by atomic mass is 16.5. The van der Waals surface area contributed by atoms with Gasteiger partial charge in [0, 0.05) is 5.92 Å². The summed E-state index contributed by atoms with van der Waals surface area (Å²) in [5, 5.41) is 0. The van der Waals surface area contributed by atoms with Crippen molar-refractivity contribution in [2.24, 2.45) is 5.92 Å². The molecule has 0 N–H and O–H groups in total. The Bertz CT molecular complexity index is 191. The van der Waals surface area contributed by atoms with E-state index in [0.717, 1.165) is 13.2 Å². The van der Waals surface area contributed by atoms with Crippen LogP contribution < -0.4 is 0 Å². The lowest BCUT2D eigenvalue weighted by Gasteiger charge is -2.02. The summed E-state index contributed by atoms with van der Waals surface area (Å²) in [6, 6.07) is 0. The minimum Gasteiger partial charge on any atom is -0.376 e. The number of hydrogen-bond acceptors (Lipinski definition) is 1. The van der Waals surface area contributed by atoms with Gasteiger partial charge in [0.25, 0.3) is 0 Å². The number of hydrogen-bond donors (Lipinski definition) is 0. The Labute approximate surface area is 81.5 Å². The number of ether oxygens (including phenoxy) is 1. The van der Waals surface area contributed by atoms with Gasteiger partial charge in [-0.3, -0.25) is 0 Å². The Morgan fingerprint density at radius 3 is 3.08 bits per heavy atom. The minimum absolute atomic E-state index is 0.557. The fourth-order valence-electron chi connectivity index (χ4n) is 1.63. The van der Waals surface area contributed by atoms with Crippen LogP contribution in [-0.4, -0.2) is 13.2 Å². The lowest BCUT2D eigenvalue weighted by Crippen LogP contribution is -1.97. The van der Waals surface area contributed by atoms with Crippen LogP contribution in [0.25, 0.3) is 0 Å². The van der Waals surface area contributed by atoms with Gasteiger partial charge in [0.1, 0.15) is 0 Å². The van der Waals surface area contributed by atoms with Crippen LogP contribution >= 0.6 is 0 Å². The third-order valence-electron chi connectivity index (χ3n) is 2.43. The average molecular weight is 180 g/mol. The third-order valence-corrected chi connectivity index (χ3v) is 2.43. The molecule has 0 aliphatic carbocycles. The molecule has 1 heterocycles. The van der Waals surface area contributed by atoms with Crippen molar-refractivity contribution >= 4 is 0 Å². The Morgan fingerprint density at radius 2 is 2.38 bits per heavy atom. The first kappa shape index (κ1) is 10.5. The zero-order valence-electron chi connectivity index (χ0n) is 8.75. The molecule has 0 radical (unpaired) electrons. The van der Waals surface area contributed by atoms with Gasteiger partial charge in [-0.25, -0.2) is 0 Å². The van der Waals surface area contributed by atoms with E-state index in [1.807, 2.05) is 0 Å². The Morgan fingerprint density at radius 1 is 1.54 bits per heavy atom. The van der Waals surface area contributed by atoms with Gasteiger partial charge in [0.15, 0.2) is 0 Å². The molecule has 0 aromatic heterocycles. The smallest absolute Gasteiger partial charge is 0.0683 e. The first-order valence-corrected chi connectivity index (χ1v) is 5.28. The molecule has 1 aliphatic rings. The summed E-state index contributed by atoms with van der Waals surface area (Å²) < 4.78 is 5.43. The molecule has 1 saturated heterocycles. The largest absolute Gasteiger partial charge is 0.376 e. The summed E-state index contributed by atoms with van der Waals surface area (Å²) in [6.07, 6.45) is 10.5. The summed E-state index contributed by atoms with van der Waals surface area (Å²) >= 11 is 0. The van der Waals surface area contributed by atoms with Gasteiger partial charge in [0.2, 0.25) is 0 Å². The van der Waals surface area contributed by atoms with Crippen molar-refractivity contribution < 1.29 is 4.74 Å². The standard InChI is InChI=1S/C12H20O/c1-3-5-6-8-12-10-13-9-11(12)7-4-2/h4,7-8,11H,3,5-6,9-10H2,1-2H3/b7-4+,12-8-/t11-/m0/s1. The highest BCUT2D eigenvalue weighted by Crippen LogP contribution is 2.21. The zero-order chi connectivity index (χ0) is 9.52. The molecule has 1 rings (SSSR count). The van der Waals surface area contributed by atoms with Crippen molar-refractivity contribution in [2.75, 3.05) is 13.2 Å². The van der Waals surface area contributed by atoms with Crippen LogP contribution in [0.1, 0.15) is 33.1 Å². The van der Waals surface area contributed by atoms with Crippen molar-refractivity contribution in [2.45, 2.75) is 33.1 Å². The molecule has 0 bridgehead atoms. The minimum atomic E-state index is 0.557. The van der Waals surface area contributed by atoms with Crippen LogP contribution in [0.5, 0.6) is 0 Å². The normalized spacial score (nSPS) is 26.3. The van der Waals surface area contributed by atoms with Crippen LogP contribution in [0.2, 0.25) is 0 Å². The summed E-state index contributed by atoms with van der Waals surface area (Å²) in [5.74, 6) is 0.557. The fraction of sp³-hybridized carbons (Fsp3) is 0.667. The highest BCUT2D eigenvalue weighted by molar-refractivity contribution is 5.17. The van der Waals surface area contributed by atoms with Gasteiger partial charge < -0.3 is 4.74 Å². The Kier molecular flexibility index (Phi) is 4.84. The van der Waals surface area contributed by atoms with E-state index < -0.39 is 0 Å². The van der Waals surface area contributed by atoms with Crippen molar-refractivity contribution in [3.8, 4) is 0 Å². The monoisotopic (exact) mass is 180 g/mol. The quantitative estimate of drug-likeness (QED) is 0.476. The van der Waals surface area contributed by atoms with Crippen molar-refractivity contribution in [1.29, 1.82) is 0 Å². The van der Waals surface area contributed by atoms with Gasteiger partial charge in [-0.2, -0.15) is 0 Å². The lowest BCUT2D eigenvalue weighted by atomic mass is 10.0. The van der Waals surface area contributed by atoms with Gasteiger partial charge in [-0.05, 0) is 18.9 Å². The highest BCUT2D eigenvalue weighted by Gasteiger charge is 2.17. The van der Waals surface area contributed by atoms with Crippen molar-refractivity contribution in [1.82, 2.24) is 0 Å². The zero-order valence-corrected chi connectivity index (χ0v) is 8.75. The summed E-state index contributed by atoms with van der Waals surface area (Å²) in [4.78, 5) is 0. The Balaban J connectivity index is 2.42. The molecule has 0 saturated carbocycles. The van der Waals surface area contributed by atoms with Crippen molar-refractivity contribution in [3.63, 3.8) is 0 Å². The van der Waals surface area contributed by atoms with E-state index in [2.05, 4.69) is 32.1 Å². The first-order chi connectivity index (χ1) is 6.38. The van der Waals surface area contributed by atoms with Crippen LogP contribution in [0.15, 0.2) is 23.8 Å². The summed E-state index contributed by atoms with van der Waals surface area (Å²) in [6.45, 7) is 6.02. The second-order valence-corrected chi connectivity index (χ2v) is 3.57. The maximum absolute atomic E-state index is 5.43. The van der Waals surface area contributed by atoms with Gasteiger partial charge in [-0.1, -0.05) is 38.0 Å². The summed E-state index contributed by atoms with van der Waals surface area (Å²) in [5.41, 5.74) is 1.48. The maximum Gasteiger partial charge on any atom is 0.0683 e. The molecule has 1 heteroatoms. The van der Waals surface area contributed by atoms with Crippen LogP contribution in [0.4, 0.5) is 0 Å². The second kappa shape index (κ2) is 5.98. The number of rotatable bonds is 4. The molecular weight excluding hydrogens is 160 g/mol.